The number of ether oxygens (including phenoxy) is 3. The van der Waals surface area contributed by atoms with Crippen molar-refractivity contribution in [3.8, 4) is 22.9 Å². The third-order valence-electron chi connectivity index (χ3n) is 5.49. The van der Waals surface area contributed by atoms with E-state index in [9.17, 15) is 14.4 Å². The maximum absolute atomic E-state index is 13.2. The zero-order valence-corrected chi connectivity index (χ0v) is 21.0. The van der Waals surface area contributed by atoms with Gasteiger partial charge in [0.2, 0.25) is 5.91 Å². The van der Waals surface area contributed by atoms with E-state index in [0.717, 1.165) is 4.68 Å². The van der Waals surface area contributed by atoms with Crippen molar-refractivity contribution in [2.75, 3.05) is 33.2 Å². The van der Waals surface area contributed by atoms with Crippen LogP contribution in [0.4, 0.5) is 5.69 Å². The van der Waals surface area contributed by atoms with Gasteiger partial charge in [0.15, 0.2) is 5.69 Å². The van der Waals surface area contributed by atoms with Gasteiger partial charge in [0, 0.05) is 11.5 Å². The molecule has 0 bridgehead atoms. The summed E-state index contributed by atoms with van der Waals surface area (Å²) in [6.45, 7) is -0.350. The first-order valence-corrected chi connectivity index (χ1v) is 11.4. The molecule has 0 radical (unpaired) electrons. The van der Waals surface area contributed by atoms with Crippen LogP contribution in [0.1, 0.15) is 10.5 Å². The first kappa shape index (κ1) is 25.5. The Morgan fingerprint density at radius 1 is 0.919 bits per heavy atom. The maximum Gasteiger partial charge on any atom is 0.279 e. The van der Waals surface area contributed by atoms with Crippen molar-refractivity contribution >= 4 is 39.9 Å². The normalized spacial score (nSPS) is 10.6. The zero-order valence-electron chi connectivity index (χ0n) is 20.2. The molecule has 0 fully saturated rings. The van der Waals surface area contributed by atoms with Crippen LogP contribution in [0.25, 0.3) is 16.5 Å². The highest BCUT2D eigenvalue weighted by Gasteiger charge is 2.19. The van der Waals surface area contributed by atoms with E-state index in [1.807, 2.05) is 0 Å². The Morgan fingerprint density at radius 2 is 1.65 bits per heavy atom. The molecule has 0 spiro atoms. The third kappa shape index (κ3) is 5.34. The molecule has 0 saturated heterocycles. The average Bonchev–Trinajstić information content (AvgIpc) is 2.92. The van der Waals surface area contributed by atoms with Crippen molar-refractivity contribution in [2.45, 2.75) is 0 Å². The van der Waals surface area contributed by atoms with Gasteiger partial charge in [0.1, 0.15) is 17.2 Å². The largest absolute Gasteiger partial charge is 0.497 e. The molecule has 0 aliphatic carbocycles. The lowest BCUT2D eigenvalue weighted by atomic mass is 10.1. The van der Waals surface area contributed by atoms with E-state index in [4.69, 9.17) is 25.8 Å². The van der Waals surface area contributed by atoms with Crippen LogP contribution in [0.2, 0.25) is 5.02 Å². The minimum absolute atomic E-state index is 0.0306. The van der Waals surface area contributed by atoms with E-state index in [0.29, 0.717) is 34.0 Å². The molecule has 4 aromatic rings. The van der Waals surface area contributed by atoms with Gasteiger partial charge in [-0.25, -0.2) is 0 Å². The molecule has 11 heteroatoms. The number of anilines is 1. The maximum atomic E-state index is 13.2. The summed E-state index contributed by atoms with van der Waals surface area (Å²) in [5.41, 5.74) is 0.297. The van der Waals surface area contributed by atoms with Crippen LogP contribution < -0.4 is 30.4 Å². The third-order valence-corrected chi connectivity index (χ3v) is 5.79. The molecule has 3 aromatic carbocycles. The van der Waals surface area contributed by atoms with Crippen molar-refractivity contribution in [2.24, 2.45) is 0 Å². The Balaban J connectivity index is 1.61. The monoisotopic (exact) mass is 522 g/mol. The second-order valence-electron chi connectivity index (χ2n) is 7.73. The van der Waals surface area contributed by atoms with Gasteiger partial charge in [0.25, 0.3) is 11.5 Å². The SMILES string of the molecule is COc1ccc(NC(=O)CNC(=O)c2nn(-c3ccc(OC)c(Cl)c3)c(=O)c3ccccc23)c(OC)c1. The number of hydrogen-bond acceptors (Lipinski definition) is 7. The van der Waals surface area contributed by atoms with Crippen LogP contribution in [0.5, 0.6) is 17.2 Å². The molecule has 2 amide bonds. The van der Waals surface area contributed by atoms with Crippen LogP contribution >= 0.6 is 11.6 Å². The molecule has 0 aliphatic heterocycles. The summed E-state index contributed by atoms with van der Waals surface area (Å²) < 4.78 is 16.7. The summed E-state index contributed by atoms with van der Waals surface area (Å²) in [5.74, 6) is 0.265. The smallest absolute Gasteiger partial charge is 0.279 e. The van der Waals surface area contributed by atoms with Gasteiger partial charge in [-0.05, 0) is 36.4 Å². The number of amides is 2. The number of aromatic nitrogens is 2. The van der Waals surface area contributed by atoms with Gasteiger partial charge in [0.05, 0.1) is 49.7 Å². The van der Waals surface area contributed by atoms with Crippen molar-refractivity contribution in [1.29, 1.82) is 0 Å². The van der Waals surface area contributed by atoms with E-state index < -0.39 is 17.4 Å². The number of carbonyl (C=O) groups is 2. The minimum Gasteiger partial charge on any atom is -0.497 e. The number of rotatable bonds is 8. The predicted molar refractivity (Wildman–Crippen MR) is 139 cm³/mol. The Bertz CT molecular complexity index is 1550. The molecule has 37 heavy (non-hydrogen) atoms. The fourth-order valence-electron chi connectivity index (χ4n) is 3.66. The van der Waals surface area contributed by atoms with Crippen molar-refractivity contribution in [1.82, 2.24) is 15.1 Å². The first-order valence-electron chi connectivity index (χ1n) is 11.0. The second kappa shape index (κ2) is 11.0. The number of nitrogens with zero attached hydrogens (tertiary/aromatic N) is 2. The Hall–Kier alpha value is -4.57. The van der Waals surface area contributed by atoms with Crippen LogP contribution in [-0.2, 0) is 4.79 Å². The van der Waals surface area contributed by atoms with Crippen LogP contribution in [0, 0.1) is 0 Å². The van der Waals surface area contributed by atoms with Crippen LogP contribution in [-0.4, -0.2) is 49.5 Å². The molecule has 0 saturated carbocycles. The molecule has 10 nitrogen and oxygen atoms in total. The topological polar surface area (TPSA) is 121 Å². The van der Waals surface area contributed by atoms with Crippen molar-refractivity contribution < 1.29 is 23.8 Å². The number of hydrogen-bond donors (Lipinski definition) is 2. The van der Waals surface area contributed by atoms with Gasteiger partial charge >= 0.3 is 0 Å². The van der Waals surface area contributed by atoms with E-state index >= 15 is 0 Å². The number of nitrogens with one attached hydrogen (secondary N) is 2. The van der Waals surface area contributed by atoms with Gasteiger partial charge < -0.3 is 24.8 Å². The lowest BCUT2D eigenvalue weighted by Gasteiger charge is -2.13. The molecule has 190 valence electrons. The Kier molecular flexibility index (Phi) is 7.59. The molecule has 1 aromatic heterocycles. The molecule has 2 N–H and O–H groups in total. The Labute approximate surface area is 216 Å². The van der Waals surface area contributed by atoms with Gasteiger partial charge in [-0.3, -0.25) is 14.4 Å². The predicted octanol–water partition coefficient (Wildman–Crippen LogP) is 3.43. The summed E-state index contributed by atoms with van der Waals surface area (Å²) in [7, 11) is 4.46. The number of methoxy groups -OCH3 is 3. The van der Waals surface area contributed by atoms with E-state index in [1.165, 1.54) is 27.4 Å². The highest BCUT2D eigenvalue weighted by molar-refractivity contribution is 6.32. The molecular formula is C26H23ClN4O6. The highest BCUT2D eigenvalue weighted by Crippen LogP contribution is 2.29. The fourth-order valence-corrected chi connectivity index (χ4v) is 3.91. The summed E-state index contributed by atoms with van der Waals surface area (Å²) in [4.78, 5) is 38.8. The van der Waals surface area contributed by atoms with Gasteiger partial charge in [-0.1, -0.05) is 29.8 Å². The standard InChI is InChI=1S/C26H23ClN4O6/c1-35-16-9-10-20(22(13-16)37-3)29-23(32)14-28-25(33)24-17-6-4-5-7-18(17)26(34)31(30-24)15-8-11-21(36-2)19(27)12-15/h4-13H,14H2,1-3H3,(H,28,33)(H,29,32). The molecular weight excluding hydrogens is 500 g/mol. The molecule has 1 heterocycles. The lowest BCUT2D eigenvalue weighted by Crippen LogP contribution is -2.35. The van der Waals surface area contributed by atoms with Gasteiger partial charge in [-0.15, -0.1) is 0 Å². The van der Waals surface area contributed by atoms with E-state index in [1.54, 1.807) is 54.6 Å². The number of carbonyl (C=O) groups excluding carboxylic acids is 2. The minimum atomic E-state index is -0.638. The molecule has 0 atom stereocenters. The summed E-state index contributed by atoms with van der Waals surface area (Å²) in [6.07, 6.45) is 0. The molecule has 0 aliphatic rings. The first-order chi connectivity index (χ1) is 17.9. The quantitative estimate of drug-likeness (QED) is 0.363. The lowest BCUT2D eigenvalue weighted by molar-refractivity contribution is -0.115. The van der Waals surface area contributed by atoms with E-state index in [2.05, 4.69) is 15.7 Å². The van der Waals surface area contributed by atoms with E-state index in [-0.39, 0.29) is 22.6 Å². The highest BCUT2D eigenvalue weighted by atomic mass is 35.5. The fraction of sp³-hybridized carbons (Fsp3) is 0.154. The molecule has 4 rings (SSSR count). The number of fused-ring (bicyclic) bond motifs is 1. The van der Waals surface area contributed by atoms with Crippen LogP contribution in [0.15, 0.2) is 65.5 Å². The van der Waals surface area contributed by atoms with Gasteiger partial charge in [-0.2, -0.15) is 9.78 Å². The summed E-state index contributed by atoms with van der Waals surface area (Å²) >= 11 is 6.23. The Morgan fingerprint density at radius 3 is 2.32 bits per heavy atom. The van der Waals surface area contributed by atoms with Crippen LogP contribution in [0.3, 0.4) is 0 Å². The second-order valence-corrected chi connectivity index (χ2v) is 8.13. The average molecular weight is 523 g/mol. The summed E-state index contributed by atoms with van der Waals surface area (Å²) in [6, 6.07) is 16.2. The zero-order chi connectivity index (χ0) is 26.5. The summed E-state index contributed by atoms with van der Waals surface area (Å²) in [5, 5.41) is 10.4. The van der Waals surface area contributed by atoms with Crippen molar-refractivity contribution in [3.63, 3.8) is 0 Å². The molecule has 0 unspecified atom stereocenters. The van der Waals surface area contributed by atoms with Crippen molar-refractivity contribution in [3.05, 3.63) is 81.7 Å². The number of benzene rings is 3. The number of halogens is 1.